The van der Waals surface area contributed by atoms with Gasteiger partial charge in [0.05, 0.1) is 13.2 Å². The summed E-state index contributed by atoms with van der Waals surface area (Å²) in [4.78, 5) is 21.8. The molecule has 0 aliphatic carbocycles. The molecule has 1 rings (SSSR count). The Bertz CT molecular complexity index is 263. The molecule has 2 atom stereocenters. The molecule has 0 spiro atoms. The summed E-state index contributed by atoms with van der Waals surface area (Å²) in [6.07, 6.45) is 0.0116. The van der Waals surface area contributed by atoms with Crippen LogP contribution in [0.4, 0.5) is 0 Å². The second-order valence-corrected chi connectivity index (χ2v) is 3.83. The van der Waals surface area contributed by atoms with E-state index < -0.39 is 17.7 Å². The van der Waals surface area contributed by atoms with Crippen molar-refractivity contribution in [2.24, 2.45) is 0 Å². The molecular weight excluding hydrogens is 200 g/mol. The van der Waals surface area contributed by atoms with Gasteiger partial charge in [-0.15, -0.1) is 0 Å². The lowest BCUT2D eigenvalue weighted by molar-refractivity contribution is -0.202. The monoisotopic (exact) mass is 216 g/mol. The molecule has 5 nitrogen and oxygen atoms in total. The Labute approximate surface area is 88.7 Å². The van der Waals surface area contributed by atoms with Gasteiger partial charge in [-0.2, -0.15) is 0 Å². The molecule has 5 heteroatoms. The summed E-state index contributed by atoms with van der Waals surface area (Å²) in [5.74, 6) is -0.777. The summed E-state index contributed by atoms with van der Waals surface area (Å²) in [5, 5.41) is 0. The van der Waals surface area contributed by atoms with Crippen LogP contribution in [0.25, 0.3) is 0 Å². The van der Waals surface area contributed by atoms with Gasteiger partial charge in [-0.05, 0) is 6.92 Å². The quantitative estimate of drug-likeness (QED) is 0.634. The molecule has 1 aliphatic heterocycles. The van der Waals surface area contributed by atoms with Gasteiger partial charge in [-0.1, -0.05) is 0 Å². The molecule has 1 saturated heterocycles. The van der Waals surface area contributed by atoms with Gasteiger partial charge < -0.3 is 14.2 Å². The van der Waals surface area contributed by atoms with Crippen LogP contribution in [0, 0.1) is 0 Å². The van der Waals surface area contributed by atoms with Crippen molar-refractivity contribution in [1.82, 2.24) is 0 Å². The summed E-state index contributed by atoms with van der Waals surface area (Å²) in [5.41, 5.74) is -0.768. The molecule has 0 unspecified atom stereocenters. The second kappa shape index (κ2) is 4.61. The molecule has 0 bridgehead atoms. The Hall–Kier alpha value is -1.10. The molecule has 0 saturated carbocycles. The zero-order valence-electron chi connectivity index (χ0n) is 9.24. The third kappa shape index (κ3) is 3.20. The minimum atomic E-state index is -0.768. The van der Waals surface area contributed by atoms with Crippen LogP contribution in [0.5, 0.6) is 0 Å². The van der Waals surface area contributed by atoms with Gasteiger partial charge in [0, 0.05) is 20.3 Å². The molecule has 1 fully saturated rings. The lowest BCUT2D eigenvalue weighted by Gasteiger charge is -2.39. The Morgan fingerprint density at radius 3 is 2.53 bits per heavy atom. The van der Waals surface area contributed by atoms with E-state index in [1.54, 1.807) is 6.92 Å². The standard InChI is InChI=1S/C10H16O5/c1-7(11)14-9-6-13-5-4-10(9,3)15-8(2)12/h9H,4-6H2,1-3H3/t9-,10-/m0/s1. The van der Waals surface area contributed by atoms with Crippen LogP contribution in [-0.4, -0.2) is 36.9 Å². The van der Waals surface area contributed by atoms with Gasteiger partial charge in [0.1, 0.15) is 0 Å². The van der Waals surface area contributed by atoms with E-state index in [1.807, 2.05) is 0 Å². The molecule has 0 radical (unpaired) electrons. The average Bonchev–Trinajstić information content (AvgIpc) is 2.07. The van der Waals surface area contributed by atoms with Gasteiger partial charge >= 0.3 is 11.9 Å². The van der Waals surface area contributed by atoms with Crippen LogP contribution in [0.15, 0.2) is 0 Å². The van der Waals surface area contributed by atoms with Gasteiger partial charge in [0.15, 0.2) is 11.7 Å². The highest BCUT2D eigenvalue weighted by Crippen LogP contribution is 2.27. The predicted octanol–water partition coefficient (Wildman–Crippen LogP) is 0.660. The largest absolute Gasteiger partial charge is 0.456 e. The molecule has 0 aromatic rings. The van der Waals surface area contributed by atoms with E-state index in [9.17, 15) is 9.59 Å². The molecule has 0 N–H and O–H groups in total. The van der Waals surface area contributed by atoms with Crippen molar-refractivity contribution in [3.8, 4) is 0 Å². The summed E-state index contributed by atoms with van der Waals surface area (Å²) >= 11 is 0. The van der Waals surface area contributed by atoms with Crippen molar-refractivity contribution in [2.75, 3.05) is 13.2 Å². The van der Waals surface area contributed by atoms with Gasteiger partial charge in [0.2, 0.25) is 0 Å². The molecule has 0 aromatic carbocycles. The van der Waals surface area contributed by atoms with E-state index >= 15 is 0 Å². The molecule has 0 aromatic heterocycles. The maximum absolute atomic E-state index is 10.9. The average molecular weight is 216 g/mol. The number of ether oxygens (including phenoxy) is 3. The molecular formula is C10H16O5. The number of hydrogen-bond donors (Lipinski definition) is 0. The molecule has 15 heavy (non-hydrogen) atoms. The van der Waals surface area contributed by atoms with Crippen molar-refractivity contribution in [2.45, 2.75) is 38.9 Å². The van der Waals surface area contributed by atoms with Gasteiger partial charge in [-0.25, -0.2) is 0 Å². The number of carbonyl (C=O) groups is 2. The minimum absolute atomic E-state index is 0.267. The fourth-order valence-electron chi connectivity index (χ4n) is 1.61. The SMILES string of the molecule is CC(=O)O[C@H]1COCC[C@]1(C)OC(C)=O. The predicted molar refractivity (Wildman–Crippen MR) is 51.2 cm³/mol. The Morgan fingerprint density at radius 2 is 2.00 bits per heavy atom. The molecule has 0 amide bonds. The Morgan fingerprint density at radius 1 is 1.33 bits per heavy atom. The van der Waals surface area contributed by atoms with Crippen molar-refractivity contribution in [3.63, 3.8) is 0 Å². The first kappa shape index (κ1) is 12.0. The lowest BCUT2D eigenvalue weighted by Crippen LogP contribution is -2.52. The normalized spacial score (nSPS) is 30.7. The van der Waals surface area contributed by atoms with Gasteiger partial charge in [-0.3, -0.25) is 9.59 Å². The minimum Gasteiger partial charge on any atom is -0.456 e. The van der Waals surface area contributed by atoms with E-state index in [-0.39, 0.29) is 12.6 Å². The molecule has 86 valence electrons. The van der Waals surface area contributed by atoms with Gasteiger partial charge in [0.25, 0.3) is 0 Å². The first-order valence-electron chi connectivity index (χ1n) is 4.88. The van der Waals surface area contributed by atoms with Crippen LogP contribution < -0.4 is 0 Å². The van der Waals surface area contributed by atoms with E-state index in [0.717, 1.165) is 0 Å². The second-order valence-electron chi connectivity index (χ2n) is 3.83. The highest BCUT2D eigenvalue weighted by molar-refractivity contribution is 5.67. The first-order chi connectivity index (χ1) is 6.94. The Balaban J connectivity index is 2.71. The van der Waals surface area contributed by atoms with E-state index in [1.165, 1.54) is 13.8 Å². The van der Waals surface area contributed by atoms with Crippen LogP contribution in [0.1, 0.15) is 27.2 Å². The van der Waals surface area contributed by atoms with Crippen LogP contribution in [-0.2, 0) is 23.8 Å². The topological polar surface area (TPSA) is 61.8 Å². The highest BCUT2D eigenvalue weighted by atomic mass is 16.6. The van der Waals surface area contributed by atoms with Crippen molar-refractivity contribution in [1.29, 1.82) is 0 Å². The smallest absolute Gasteiger partial charge is 0.303 e. The van der Waals surface area contributed by atoms with E-state index in [0.29, 0.717) is 13.0 Å². The lowest BCUT2D eigenvalue weighted by atomic mass is 9.93. The first-order valence-corrected chi connectivity index (χ1v) is 4.88. The van der Waals surface area contributed by atoms with Crippen LogP contribution in [0.2, 0.25) is 0 Å². The van der Waals surface area contributed by atoms with Crippen LogP contribution in [0.3, 0.4) is 0 Å². The number of carbonyl (C=O) groups excluding carboxylic acids is 2. The zero-order chi connectivity index (χ0) is 11.5. The maximum Gasteiger partial charge on any atom is 0.303 e. The third-order valence-corrected chi connectivity index (χ3v) is 2.38. The maximum atomic E-state index is 10.9. The highest BCUT2D eigenvalue weighted by Gasteiger charge is 2.42. The number of rotatable bonds is 2. The molecule has 1 aliphatic rings. The zero-order valence-corrected chi connectivity index (χ0v) is 9.24. The number of esters is 2. The third-order valence-electron chi connectivity index (χ3n) is 2.38. The van der Waals surface area contributed by atoms with Crippen LogP contribution >= 0.6 is 0 Å². The van der Waals surface area contributed by atoms with Crippen molar-refractivity contribution >= 4 is 11.9 Å². The summed E-state index contributed by atoms with van der Waals surface area (Å²) in [6.45, 7) is 5.18. The van der Waals surface area contributed by atoms with E-state index in [2.05, 4.69) is 0 Å². The van der Waals surface area contributed by atoms with Crippen molar-refractivity contribution in [3.05, 3.63) is 0 Å². The summed E-state index contributed by atoms with van der Waals surface area (Å²) in [6, 6.07) is 0. The Kier molecular flexibility index (Phi) is 3.68. The molecule has 1 heterocycles. The number of hydrogen-bond acceptors (Lipinski definition) is 5. The fourth-order valence-corrected chi connectivity index (χ4v) is 1.61. The van der Waals surface area contributed by atoms with E-state index in [4.69, 9.17) is 14.2 Å². The fraction of sp³-hybridized carbons (Fsp3) is 0.800. The summed E-state index contributed by atoms with van der Waals surface area (Å²) in [7, 11) is 0. The van der Waals surface area contributed by atoms with Crippen molar-refractivity contribution < 1.29 is 23.8 Å². The summed E-state index contributed by atoms with van der Waals surface area (Å²) < 4.78 is 15.5.